The molecule has 0 radical (unpaired) electrons. The van der Waals surface area contributed by atoms with Gasteiger partial charge in [-0.2, -0.15) is 0 Å². The van der Waals surface area contributed by atoms with E-state index in [-0.39, 0.29) is 30.1 Å². The van der Waals surface area contributed by atoms with Crippen molar-refractivity contribution in [2.24, 2.45) is 11.7 Å². The highest BCUT2D eigenvalue weighted by Gasteiger charge is 2.30. The maximum atomic E-state index is 13.1. The van der Waals surface area contributed by atoms with E-state index in [1.807, 2.05) is 9.80 Å². The average Bonchev–Trinajstić information content (AvgIpc) is 2.87. The quantitative estimate of drug-likeness (QED) is 0.870. The first kappa shape index (κ1) is 18.6. The molecule has 1 aromatic rings. The topological polar surface area (TPSA) is 69.9 Å². The van der Waals surface area contributed by atoms with Crippen LogP contribution in [0.1, 0.15) is 19.3 Å². The van der Waals surface area contributed by atoms with Gasteiger partial charge in [0.1, 0.15) is 5.82 Å². The van der Waals surface area contributed by atoms with Crippen LogP contribution in [-0.2, 0) is 9.59 Å². The van der Waals surface area contributed by atoms with Gasteiger partial charge >= 0.3 is 0 Å². The number of primary amides is 1. The number of nitrogens with zero attached hydrogens (tertiary/aromatic N) is 3. The number of likely N-dealkylation sites (tertiary alicyclic amines) is 1. The van der Waals surface area contributed by atoms with Gasteiger partial charge in [-0.3, -0.25) is 14.5 Å². The highest BCUT2D eigenvalue weighted by Crippen LogP contribution is 2.21. The smallest absolute Gasteiger partial charge is 0.231 e. The number of rotatable bonds is 4. The monoisotopic (exact) mass is 362 g/mol. The molecule has 0 aliphatic carbocycles. The molecule has 2 heterocycles. The van der Waals surface area contributed by atoms with Crippen LogP contribution in [0.5, 0.6) is 0 Å². The van der Waals surface area contributed by atoms with Gasteiger partial charge in [0, 0.05) is 38.4 Å². The Morgan fingerprint density at radius 1 is 1.04 bits per heavy atom. The fourth-order valence-corrected chi connectivity index (χ4v) is 3.93. The summed E-state index contributed by atoms with van der Waals surface area (Å²) in [4.78, 5) is 30.2. The SMILES string of the molecule is NC(=O)CN1CCC[C@H](C(=O)N2CCCN(c3ccc(F)cc3)CC2)C1. The first-order valence-corrected chi connectivity index (χ1v) is 9.33. The largest absolute Gasteiger partial charge is 0.370 e. The molecule has 0 saturated carbocycles. The lowest BCUT2D eigenvalue weighted by Crippen LogP contribution is -2.47. The normalized spacial score (nSPS) is 22.1. The molecule has 0 unspecified atom stereocenters. The Kier molecular flexibility index (Phi) is 6.08. The summed E-state index contributed by atoms with van der Waals surface area (Å²) < 4.78 is 13.1. The van der Waals surface area contributed by atoms with Gasteiger partial charge in [-0.1, -0.05) is 0 Å². The molecular formula is C19H27FN4O2. The summed E-state index contributed by atoms with van der Waals surface area (Å²) in [6.45, 7) is 4.67. The third-order valence-corrected chi connectivity index (χ3v) is 5.23. The summed E-state index contributed by atoms with van der Waals surface area (Å²) in [7, 11) is 0. The van der Waals surface area contributed by atoms with E-state index in [1.54, 1.807) is 12.1 Å². The van der Waals surface area contributed by atoms with E-state index >= 15 is 0 Å². The van der Waals surface area contributed by atoms with Crippen LogP contribution in [0.4, 0.5) is 10.1 Å². The zero-order valence-corrected chi connectivity index (χ0v) is 15.1. The van der Waals surface area contributed by atoms with Crippen LogP contribution in [0.25, 0.3) is 0 Å². The van der Waals surface area contributed by atoms with Gasteiger partial charge in [0.25, 0.3) is 0 Å². The lowest BCUT2D eigenvalue weighted by atomic mass is 9.96. The molecule has 2 N–H and O–H groups in total. The summed E-state index contributed by atoms with van der Waals surface area (Å²) >= 11 is 0. The van der Waals surface area contributed by atoms with Gasteiger partial charge in [-0.25, -0.2) is 4.39 Å². The number of carbonyl (C=O) groups is 2. The molecular weight excluding hydrogens is 335 g/mol. The average molecular weight is 362 g/mol. The number of hydrogen-bond acceptors (Lipinski definition) is 4. The van der Waals surface area contributed by atoms with Crippen molar-refractivity contribution in [1.82, 2.24) is 9.80 Å². The second-order valence-corrected chi connectivity index (χ2v) is 7.18. The molecule has 3 rings (SSSR count). The Morgan fingerprint density at radius 2 is 1.81 bits per heavy atom. The first-order valence-electron chi connectivity index (χ1n) is 9.33. The summed E-state index contributed by atoms with van der Waals surface area (Å²) in [6, 6.07) is 6.52. The van der Waals surface area contributed by atoms with E-state index in [4.69, 9.17) is 5.73 Å². The van der Waals surface area contributed by atoms with Crippen LogP contribution in [0.2, 0.25) is 0 Å². The number of nitrogens with two attached hydrogens (primary N) is 1. The highest BCUT2D eigenvalue weighted by atomic mass is 19.1. The fraction of sp³-hybridized carbons (Fsp3) is 0.579. The number of carbonyl (C=O) groups excluding carboxylic acids is 2. The van der Waals surface area contributed by atoms with Crippen molar-refractivity contribution in [3.8, 4) is 0 Å². The second-order valence-electron chi connectivity index (χ2n) is 7.18. The Balaban J connectivity index is 1.57. The molecule has 2 aliphatic rings. The number of benzene rings is 1. The minimum absolute atomic E-state index is 0.0551. The van der Waals surface area contributed by atoms with Crippen molar-refractivity contribution in [3.05, 3.63) is 30.1 Å². The summed E-state index contributed by atoms with van der Waals surface area (Å²) in [6.07, 6.45) is 2.67. The van der Waals surface area contributed by atoms with Crippen molar-refractivity contribution in [1.29, 1.82) is 0 Å². The van der Waals surface area contributed by atoms with Crippen LogP contribution < -0.4 is 10.6 Å². The van der Waals surface area contributed by atoms with E-state index in [1.165, 1.54) is 12.1 Å². The van der Waals surface area contributed by atoms with Crippen molar-refractivity contribution in [3.63, 3.8) is 0 Å². The third-order valence-electron chi connectivity index (χ3n) is 5.23. The molecule has 1 aromatic carbocycles. The van der Waals surface area contributed by atoms with Crippen LogP contribution in [-0.4, -0.2) is 67.4 Å². The molecule has 0 bridgehead atoms. The lowest BCUT2D eigenvalue weighted by molar-refractivity contribution is -0.137. The highest BCUT2D eigenvalue weighted by molar-refractivity contribution is 5.80. The Labute approximate surface area is 153 Å². The van der Waals surface area contributed by atoms with Crippen LogP contribution in [0.15, 0.2) is 24.3 Å². The van der Waals surface area contributed by atoms with Gasteiger partial charge in [-0.15, -0.1) is 0 Å². The number of anilines is 1. The second kappa shape index (κ2) is 8.49. The molecule has 2 amide bonds. The predicted octanol–water partition coefficient (Wildman–Crippen LogP) is 1.06. The van der Waals surface area contributed by atoms with E-state index in [0.29, 0.717) is 13.1 Å². The van der Waals surface area contributed by atoms with Crippen molar-refractivity contribution >= 4 is 17.5 Å². The maximum absolute atomic E-state index is 13.1. The zero-order valence-electron chi connectivity index (χ0n) is 15.1. The minimum atomic E-state index is -0.345. The van der Waals surface area contributed by atoms with E-state index < -0.39 is 0 Å². The summed E-state index contributed by atoms with van der Waals surface area (Å²) in [5, 5.41) is 0. The molecule has 1 atom stereocenters. The lowest BCUT2D eigenvalue weighted by Gasteiger charge is -2.34. The molecule has 2 aliphatic heterocycles. The van der Waals surface area contributed by atoms with E-state index in [9.17, 15) is 14.0 Å². The number of hydrogen-bond donors (Lipinski definition) is 1. The summed E-state index contributed by atoms with van der Waals surface area (Å²) in [5.41, 5.74) is 6.27. The molecule has 2 fully saturated rings. The molecule has 7 heteroatoms. The third kappa shape index (κ3) is 4.72. The van der Waals surface area contributed by atoms with Gasteiger partial charge in [0.15, 0.2) is 0 Å². The fourth-order valence-electron chi connectivity index (χ4n) is 3.93. The van der Waals surface area contributed by atoms with Gasteiger partial charge in [-0.05, 0) is 50.1 Å². The van der Waals surface area contributed by atoms with Crippen molar-refractivity contribution in [2.75, 3.05) is 50.7 Å². The van der Waals surface area contributed by atoms with E-state index in [2.05, 4.69) is 4.90 Å². The molecule has 6 nitrogen and oxygen atoms in total. The van der Waals surface area contributed by atoms with Gasteiger partial charge in [0.05, 0.1) is 12.5 Å². The van der Waals surface area contributed by atoms with Crippen LogP contribution in [0.3, 0.4) is 0 Å². The maximum Gasteiger partial charge on any atom is 0.231 e. The van der Waals surface area contributed by atoms with Crippen LogP contribution >= 0.6 is 0 Å². The van der Waals surface area contributed by atoms with Gasteiger partial charge < -0.3 is 15.5 Å². The molecule has 0 spiro atoms. The molecule has 2 saturated heterocycles. The van der Waals surface area contributed by atoms with Gasteiger partial charge in [0.2, 0.25) is 11.8 Å². The number of halogens is 1. The first-order chi connectivity index (χ1) is 12.5. The molecule has 0 aromatic heterocycles. The summed E-state index contributed by atoms with van der Waals surface area (Å²) in [5.74, 6) is -0.457. The Morgan fingerprint density at radius 3 is 2.54 bits per heavy atom. The minimum Gasteiger partial charge on any atom is -0.370 e. The van der Waals surface area contributed by atoms with Crippen molar-refractivity contribution < 1.29 is 14.0 Å². The predicted molar refractivity (Wildman–Crippen MR) is 98.2 cm³/mol. The Hall–Kier alpha value is -2.15. The molecule has 26 heavy (non-hydrogen) atoms. The zero-order chi connectivity index (χ0) is 18.5. The van der Waals surface area contributed by atoms with E-state index in [0.717, 1.165) is 51.1 Å². The molecule has 142 valence electrons. The number of amides is 2. The Bertz CT molecular complexity index is 637. The standard InChI is InChI=1S/C19H27FN4O2/c20-16-4-6-17(7-5-16)23-9-2-10-24(12-11-23)19(26)15-3-1-8-22(13-15)14-18(21)25/h4-7,15H,1-3,8-14H2,(H2,21,25)/t15-/m0/s1. The van der Waals surface area contributed by atoms with Crippen LogP contribution in [0, 0.1) is 11.7 Å². The number of piperidine rings is 1. The van der Waals surface area contributed by atoms with Crippen molar-refractivity contribution in [2.45, 2.75) is 19.3 Å².